The Hall–Kier alpha value is -1.26. The fraction of sp³-hybridized carbons (Fsp3) is 0.667. The van der Waals surface area contributed by atoms with Crippen LogP contribution in [-0.4, -0.2) is 55.0 Å². The number of benzene rings is 1. The second-order valence-electron chi connectivity index (χ2n) is 8.10. The molecule has 3 fully saturated rings. The summed E-state index contributed by atoms with van der Waals surface area (Å²) in [6.45, 7) is 3.84. The van der Waals surface area contributed by atoms with Crippen LogP contribution in [0.3, 0.4) is 0 Å². The Balaban J connectivity index is 1.40. The second-order valence-corrected chi connectivity index (χ2v) is 8.48. The van der Waals surface area contributed by atoms with Gasteiger partial charge in [-0.05, 0) is 36.8 Å². The molecule has 142 valence electrons. The predicted octanol–water partition coefficient (Wildman–Crippen LogP) is 4.08. The number of piperazine rings is 1. The van der Waals surface area contributed by atoms with Crippen LogP contribution in [0.5, 0.6) is 5.75 Å². The summed E-state index contributed by atoms with van der Waals surface area (Å²) in [5.41, 5.74) is 0.555. The molecule has 2 aliphatic heterocycles. The zero-order chi connectivity index (χ0) is 18.1. The summed E-state index contributed by atoms with van der Waals surface area (Å²) in [6.07, 6.45) is 8.26. The van der Waals surface area contributed by atoms with Gasteiger partial charge < -0.3 is 9.64 Å². The minimum absolute atomic E-state index is 0.0338. The van der Waals surface area contributed by atoms with Gasteiger partial charge in [-0.3, -0.25) is 9.69 Å². The molecule has 4 rings (SSSR count). The average molecular weight is 377 g/mol. The molecule has 1 saturated carbocycles. The van der Waals surface area contributed by atoms with E-state index in [1.807, 2.05) is 11.0 Å². The quantitative estimate of drug-likeness (QED) is 0.797. The summed E-state index contributed by atoms with van der Waals surface area (Å²) in [6, 6.07) is 5.94. The Morgan fingerprint density at radius 1 is 1.08 bits per heavy atom. The fourth-order valence-corrected chi connectivity index (χ4v) is 5.49. The van der Waals surface area contributed by atoms with E-state index in [0.29, 0.717) is 22.4 Å². The van der Waals surface area contributed by atoms with Crippen LogP contribution in [0.15, 0.2) is 18.2 Å². The maximum absolute atomic E-state index is 13.0. The molecule has 0 spiro atoms. The van der Waals surface area contributed by atoms with E-state index in [2.05, 4.69) is 4.90 Å². The van der Waals surface area contributed by atoms with Crippen LogP contribution in [0.25, 0.3) is 0 Å². The van der Waals surface area contributed by atoms with Gasteiger partial charge in [0.2, 0.25) is 0 Å². The topological polar surface area (TPSA) is 32.8 Å². The Bertz CT molecular complexity index is 659. The Morgan fingerprint density at radius 2 is 1.88 bits per heavy atom. The van der Waals surface area contributed by atoms with Crippen molar-refractivity contribution in [3.05, 3.63) is 28.8 Å². The minimum Gasteiger partial charge on any atom is -0.495 e. The van der Waals surface area contributed by atoms with Gasteiger partial charge in [0.25, 0.3) is 5.91 Å². The molecule has 2 unspecified atom stereocenters. The van der Waals surface area contributed by atoms with Gasteiger partial charge >= 0.3 is 0 Å². The van der Waals surface area contributed by atoms with Crippen molar-refractivity contribution in [3.8, 4) is 5.75 Å². The summed E-state index contributed by atoms with van der Waals surface area (Å²) in [5.74, 6) is 2.43. The Labute approximate surface area is 161 Å². The molecular formula is C21H29ClN2O2. The summed E-state index contributed by atoms with van der Waals surface area (Å²) in [4.78, 5) is 17.6. The normalized spacial score (nSPS) is 27.4. The van der Waals surface area contributed by atoms with Gasteiger partial charge in [0, 0.05) is 32.2 Å². The van der Waals surface area contributed by atoms with E-state index >= 15 is 0 Å². The first-order valence-corrected chi connectivity index (χ1v) is 10.4. The van der Waals surface area contributed by atoms with Gasteiger partial charge in [0.1, 0.15) is 5.75 Å². The lowest BCUT2D eigenvalue weighted by atomic mass is 9.81. The number of piperidine rings is 1. The number of hydrogen-bond acceptors (Lipinski definition) is 3. The van der Waals surface area contributed by atoms with Crippen LogP contribution in [-0.2, 0) is 0 Å². The van der Waals surface area contributed by atoms with Crippen molar-refractivity contribution >= 4 is 17.5 Å². The van der Waals surface area contributed by atoms with Crippen molar-refractivity contribution in [2.45, 2.75) is 44.6 Å². The van der Waals surface area contributed by atoms with Crippen LogP contribution < -0.4 is 4.74 Å². The summed E-state index contributed by atoms with van der Waals surface area (Å²) < 4.78 is 5.26. The van der Waals surface area contributed by atoms with Crippen molar-refractivity contribution in [3.63, 3.8) is 0 Å². The van der Waals surface area contributed by atoms with E-state index in [0.717, 1.165) is 31.5 Å². The molecule has 0 N–H and O–H groups in total. The van der Waals surface area contributed by atoms with Gasteiger partial charge in [0.15, 0.2) is 0 Å². The van der Waals surface area contributed by atoms with Gasteiger partial charge in [-0.15, -0.1) is 0 Å². The number of nitrogens with zero attached hydrogens (tertiary/aromatic N) is 2. The smallest absolute Gasteiger partial charge is 0.255 e. The largest absolute Gasteiger partial charge is 0.495 e. The molecule has 1 aromatic rings. The van der Waals surface area contributed by atoms with Gasteiger partial charge in [-0.2, -0.15) is 0 Å². The van der Waals surface area contributed by atoms with Crippen LogP contribution in [0.4, 0.5) is 0 Å². The summed E-state index contributed by atoms with van der Waals surface area (Å²) in [7, 11) is 1.58. The number of ether oxygens (including phenoxy) is 1. The number of rotatable bonds is 3. The van der Waals surface area contributed by atoms with Gasteiger partial charge in [-0.25, -0.2) is 0 Å². The number of carbonyl (C=O) groups excluding carboxylic acids is 1. The monoisotopic (exact) mass is 376 g/mol. The highest BCUT2D eigenvalue weighted by atomic mass is 35.5. The maximum atomic E-state index is 13.0. The fourth-order valence-electron chi connectivity index (χ4n) is 5.21. The van der Waals surface area contributed by atoms with Crippen molar-refractivity contribution in [2.75, 3.05) is 33.3 Å². The van der Waals surface area contributed by atoms with Gasteiger partial charge in [-0.1, -0.05) is 43.4 Å². The molecule has 3 aliphatic rings. The lowest BCUT2D eigenvalue weighted by Gasteiger charge is -2.47. The number of amides is 1. The number of methoxy groups -OCH3 is 1. The van der Waals surface area contributed by atoms with Crippen LogP contribution in [0.1, 0.15) is 48.9 Å². The van der Waals surface area contributed by atoms with Crippen LogP contribution >= 0.6 is 11.6 Å². The third-order valence-electron chi connectivity index (χ3n) is 6.71. The number of halogens is 1. The maximum Gasteiger partial charge on any atom is 0.255 e. The van der Waals surface area contributed by atoms with E-state index in [-0.39, 0.29) is 5.91 Å². The van der Waals surface area contributed by atoms with Crippen molar-refractivity contribution in [1.29, 1.82) is 0 Å². The zero-order valence-electron chi connectivity index (χ0n) is 15.6. The third-order valence-corrected chi connectivity index (χ3v) is 7.10. The van der Waals surface area contributed by atoms with E-state index in [1.54, 1.807) is 19.2 Å². The van der Waals surface area contributed by atoms with Crippen molar-refractivity contribution < 1.29 is 9.53 Å². The lowest BCUT2D eigenvalue weighted by molar-refractivity contribution is 0.0151. The molecule has 1 amide bonds. The predicted molar refractivity (Wildman–Crippen MR) is 104 cm³/mol. The summed E-state index contributed by atoms with van der Waals surface area (Å²) in [5, 5.41) is 0.423. The summed E-state index contributed by atoms with van der Waals surface area (Å²) >= 11 is 6.37. The standard InChI is InChI=1S/C21H29ClN2O2/c1-26-19-8-4-7-18(20(19)22)21(25)24-12-11-23-13-16(9-10-17(23)14-24)15-5-2-3-6-15/h4,7-8,15-17H,2-3,5-6,9-14H2,1H3. The van der Waals surface area contributed by atoms with Crippen LogP contribution in [0.2, 0.25) is 5.02 Å². The molecule has 0 bridgehead atoms. The van der Waals surface area contributed by atoms with E-state index < -0.39 is 0 Å². The average Bonchev–Trinajstić information content (AvgIpc) is 3.21. The first-order valence-electron chi connectivity index (χ1n) is 10.0. The highest BCUT2D eigenvalue weighted by Gasteiger charge is 2.37. The SMILES string of the molecule is COc1cccc(C(=O)N2CCN3CC(C4CCCC4)CCC3C2)c1Cl. The molecule has 0 aromatic heterocycles. The molecule has 2 saturated heterocycles. The molecule has 1 aromatic carbocycles. The number of carbonyl (C=O) groups is 1. The Morgan fingerprint density at radius 3 is 2.65 bits per heavy atom. The molecule has 26 heavy (non-hydrogen) atoms. The zero-order valence-corrected chi connectivity index (χ0v) is 16.4. The molecule has 2 atom stereocenters. The lowest BCUT2D eigenvalue weighted by Crippen LogP contribution is -2.58. The van der Waals surface area contributed by atoms with Crippen molar-refractivity contribution in [2.24, 2.45) is 11.8 Å². The minimum atomic E-state index is 0.0338. The third kappa shape index (κ3) is 3.46. The highest BCUT2D eigenvalue weighted by Crippen LogP contribution is 2.38. The van der Waals surface area contributed by atoms with E-state index in [1.165, 1.54) is 45.1 Å². The molecule has 2 heterocycles. The molecular weight excluding hydrogens is 348 g/mol. The first-order chi connectivity index (χ1) is 12.7. The highest BCUT2D eigenvalue weighted by molar-refractivity contribution is 6.35. The van der Waals surface area contributed by atoms with Crippen molar-refractivity contribution in [1.82, 2.24) is 9.80 Å². The molecule has 1 aliphatic carbocycles. The van der Waals surface area contributed by atoms with Crippen LogP contribution in [0, 0.1) is 11.8 Å². The Kier molecular flexibility index (Phi) is 5.42. The molecule has 4 nitrogen and oxygen atoms in total. The number of hydrogen-bond donors (Lipinski definition) is 0. The van der Waals surface area contributed by atoms with E-state index in [4.69, 9.17) is 16.3 Å². The van der Waals surface area contributed by atoms with E-state index in [9.17, 15) is 4.79 Å². The van der Waals surface area contributed by atoms with Gasteiger partial charge in [0.05, 0.1) is 17.7 Å². The molecule has 0 radical (unpaired) electrons. The second kappa shape index (κ2) is 7.77. The molecule has 5 heteroatoms. The first kappa shape index (κ1) is 18.1. The number of fused-ring (bicyclic) bond motifs is 1.